The van der Waals surface area contributed by atoms with E-state index in [0.717, 1.165) is 27.2 Å². The molecule has 0 spiro atoms. The highest BCUT2D eigenvalue weighted by molar-refractivity contribution is 6.22. The number of carboxylic acid groups (broad SMARTS) is 1. The fourth-order valence-electron chi connectivity index (χ4n) is 2.94. The van der Waals surface area contributed by atoms with Gasteiger partial charge >= 0.3 is 5.97 Å². The highest BCUT2D eigenvalue weighted by atomic mass is 16.4. The van der Waals surface area contributed by atoms with Crippen molar-refractivity contribution in [1.82, 2.24) is 4.98 Å². The van der Waals surface area contributed by atoms with Crippen LogP contribution in [0.15, 0.2) is 48.5 Å². The molecule has 0 saturated heterocycles. The summed E-state index contributed by atoms with van der Waals surface area (Å²) in [4.78, 5) is 14.8. The number of rotatable bonds is 1. The van der Waals surface area contributed by atoms with Gasteiger partial charge < -0.3 is 15.2 Å². The number of phenols is 1. The summed E-state index contributed by atoms with van der Waals surface area (Å²) in [6.45, 7) is 0. The first kappa shape index (κ1) is 11.8. The van der Waals surface area contributed by atoms with Crippen molar-refractivity contribution < 1.29 is 15.0 Å². The van der Waals surface area contributed by atoms with E-state index in [4.69, 9.17) is 0 Å². The molecule has 0 fully saturated rings. The van der Waals surface area contributed by atoms with Crippen LogP contribution in [0.5, 0.6) is 5.75 Å². The summed E-state index contributed by atoms with van der Waals surface area (Å²) in [5.74, 6) is -1.36. The van der Waals surface area contributed by atoms with Gasteiger partial charge in [-0.1, -0.05) is 36.4 Å². The predicted octanol–water partition coefficient (Wildman–Crippen LogP) is 3.88. The molecule has 1 heterocycles. The molecule has 0 atom stereocenters. The van der Waals surface area contributed by atoms with Crippen molar-refractivity contribution in [3.8, 4) is 5.75 Å². The van der Waals surface area contributed by atoms with E-state index in [1.54, 1.807) is 6.07 Å². The zero-order chi connectivity index (χ0) is 14.6. The monoisotopic (exact) mass is 277 g/mol. The van der Waals surface area contributed by atoms with Gasteiger partial charge in [-0.3, -0.25) is 0 Å². The Bertz CT molecular complexity index is 1030. The van der Waals surface area contributed by atoms with Crippen LogP contribution in [0.25, 0.3) is 32.6 Å². The number of carboxylic acids is 1. The van der Waals surface area contributed by atoms with Crippen LogP contribution in [-0.2, 0) is 0 Å². The van der Waals surface area contributed by atoms with Gasteiger partial charge in [0.2, 0.25) is 0 Å². The molecular weight excluding hydrogens is 266 g/mol. The standard InChI is InChI=1S/C17H11NO3/c19-13-8-6-9-5-7-11-10-3-1-2-4-12(10)18-16(11)14(9)15(13)17(20)21/h1-8,18-19H,(H,20,21). The third kappa shape index (κ3) is 1.53. The smallest absolute Gasteiger partial charge is 0.340 e. The lowest BCUT2D eigenvalue weighted by atomic mass is 10.00. The molecule has 4 nitrogen and oxygen atoms in total. The van der Waals surface area contributed by atoms with Gasteiger partial charge in [0.1, 0.15) is 11.3 Å². The Balaban J connectivity index is 2.32. The van der Waals surface area contributed by atoms with Crippen LogP contribution in [-0.4, -0.2) is 21.2 Å². The molecule has 4 aromatic rings. The second-order valence-corrected chi connectivity index (χ2v) is 5.02. The average molecular weight is 277 g/mol. The summed E-state index contributed by atoms with van der Waals surface area (Å²) < 4.78 is 0. The molecular formula is C17H11NO3. The molecule has 0 aliphatic heterocycles. The molecule has 0 unspecified atom stereocenters. The van der Waals surface area contributed by atoms with Gasteiger partial charge in [-0.2, -0.15) is 0 Å². The van der Waals surface area contributed by atoms with Crippen molar-refractivity contribution in [3.05, 3.63) is 54.1 Å². The van der Waals surface area contributed by atoms with Crippen molar-refractivity contribution in [1.29, 1.82) is 0 Å². The Kier molecular flexibility index (Phi) is 2.24. The SMILES string of the molecule is O=C(O)c1c(O)ccc2ccc3c4ccccc4[nH]c3c12. The molecule has 0 saturated carbocycles. The number of fused-ring (bicyclic) bond motifs is 5. The normalized spacial score (nSPS) is 11.4. The molecule has 3 N–H and O–H groups in total. The van der Waals surface area contributed by atoms with E-state index >= 15 is 0 Å². The maximum absolute atomic E-state index is 11.5. The van der Waals surface area contributed by atoms with Crippen molar-refractivity contribution in [3.63, 3.8) is 0 Å². The van der Waals surface area contributed by atoms with E-state index in [-0.39, 0.29) is 11.3 Å². The fraction of sp³-hybridized carbons (Fsp3) is 0. The Hall–Kier alpha value is -3.01. The average Bonchev–Trinajstić information content (AvgIpc) is 2.85. The second kappa shape index (κ2) is 3.99. The van der Waals surface area contributed by atoms with Gasteiger partial charge in [-0.25, -0.2) is 4.79 Å². The Morgan fingerprint density at radius 2 is 1.71 bits per heavy atom. The van der Waals surface area contributed by atoms with Crippen LogP contribution in [0.3, 0.4) is 0 Å². The minimum Gasteiger partial charge on any atom is -0.507 e. The summed E-state index contributed by atoms with van der Waals surface area (Å²) >= 11 is 0. The van der Waals surface area contributed by atoms with Crippen molar-refractivity contribution in [2.45, 2.75) is 0 Å². The number of aromatic carboxylic acids is 1. The summed E-state index contributed by atoms with van der Waals surface area (Å²) in [6.07, 6.45) is 0. The fourth-order valence-corrected chi connectivity index (χ4v) is 2.94. The number of aromatic nitrogens is 1. The molecule has 0 bridgehead atoms. The molecule has 4 rings (SSSR count). The predicted molar refractivity (Wildman–Crippen MR) is 81.9 cm³/mol. The summed E-state index contributed by atoms with van der Waals surface area (Å²) in [6, 6.07) is 14.8. The number of aromatic amines is 1. The molecule has 0 radical (unpaired) electrons. The minimum atomic E-state index is -1.13. The van der Waals surface area contributed by atoms with Crippen LogP contribution in [0.1, 0.15) is 10.4 Å². The van der Waals surface area contributed by atoms with E-state index < -0.39 is 5.97 Å². The maximum Gasteiger partial charge on any atom is 0.340 e. The molecule has 4 heteroatoms. The van der Waals surface area contributed by atoms with Crippen LogP contribution < -0.4 is 0 Å². The van der Waals surface area contributed by atoms with E-state index in [1.807, 2.05) is 36.4 Å². The molecule has 0 aliphatic rings. The van der Waals surface area contributed by atoms with Gasteiger partial charge in [0.15, 0.2) is 0 Å². The van der Waals surface area contributed by atoms with Gasteiger partial charge in [-0.05, 0) is 17.5 Å². The lowest BCUT2D eigenvalue weighted by Gasteiger charge is -2.06. The highest BCUT2D eigenvalue weighted by Crippen LogP contribution is 2.35. The number of hydrogen-bond donors (Lipinski definition) is 3. The van der Waals surface area contributed by atoms with Gasteiger partial charge in [0.05, 0.1) is 5.52 Å². The molecule has 0 amide bonds. The number of carbonyl (C=O) groups is 1. The molecule has 0 aliphatic carbocycles. The summed E-state index contributed by atoms with van der Waals surface area (Å²) in [5, 5.41) is 22.6. The minimum absolute atomic E-state index is 0.0651. The number of benzene rings is 3. The van der Waals surface area contributed by atoms with E-state index in [0.29, 0.717) is 5.39 Å². The zero-order valence-corrected chi connectivity index (χ0v) is 10.9. The van der Waals surface area contributed by atoms with Gasteiger partial charge in [-0.15, -0.1) is 0 Å². The lowest BCUT2D eigenvalue weighted by Crippen LogP contribution is -1.98. The van der Waals surface area contributed by atoms with Crippen molar-refractivity contribution in [2.75, 3.05) is 0 Å². The van der Waals surface area contributed by atoms with Crippen molar-refractivity contribution in [2.24, 2.45) is 0 Å². The van der Waals surface area contributed by atoms with Crippen molar-refractivity contribution >= 4 is 38.5 Å². The Morgan fingerprint density at radius 1 is 0.952 bits per heavy atom. The van der Waals surface area contributed by atoms with Crippen LogP contribution in [0.4, 0.5) is 0 Å². The Morgan fingerprint density at radius 3 is 2.52 bits per heavy atom. The zero-order valence-electron chi connectivity index (χ0n) is 10.9. The molecule has 102 valence electrons. The maximum atomic E-state index is 11.5. The molecule has 21 heavy (non-hydrogen) atoms. The molecule has 3 aromatic carbocycles. The second-order valence-electron chi connectivity index (χ2n) is 5.02. The number of nitrogens with one attached hydrogen (secondary N) is 1. The van der Waals surface area contributed by atoms with Crippen LogP contribution >= 0.6 is 0 Å². The number of para-hydroxylation sites is 1. The summed E-state index contributed by atoms with van der Waals surface area (Å²) in [5.41, 5.74) is 1.62. The lowest BCUT2D eigenvalue weighted by molar-refractivity contribution is 0.0696. The first-order chi connectivity index (χ1) is 10.2. The summed E-state index contributed by atoms with van der Waals surface area (Å²) in [7, 11) is 0. The number of hydrogen-bond acceptors (Lipinski definition) is 2. The van der Waals surface area contributed by atoms with E-state index in [9.17, 15) is 15.0 Å². The van der Waals surface area contributed by atoms with Gasteiger partial charge in [0.25, 0.3) is 0 Å². The number of aromatic hydroxyl groups is 1. The van der Waals surface area contributed by atoms with E-state index in [2.05, 4.69) is 4.98 Å². The third-order valence-electron chi connectivity index (χ3n) is 3.86. The largest absolute Gasteiger partial charge is 0.507 e. The first-order valence-electron chi connectivity index (χ1n) is 6.55. The molecule has 1 aromatic heterocycles. The van der Waals surface area contributed by atoms with Crippen LogP contribution in [0, 0.1) is 0 Å². The van der Waals surface area contributed by atoms with E-state index in [1.165, 1.54) is 6.07 Å². The highest BCUT2D eigenvalue weighted by Gasteiger charge is 2.18. The quantitative estimate of drug-likeness (QED) is 0.494. The first-order valence-corrected chi connectivity index (χ1v) is 6.55. The number of H-pyrrole nitrogens is 1. The van der Waals surface area contributed by atoms with Gasteiger partial charge in [0, 0.05) is 21.7 Å². The third-order valence-corrected chi connectivity index (χ3v) is 3.86. The van der Waals surface area contributed by atoms with Crippen LogP contribution in [0.2, 0.25) is 0 Å². The topological polar surface area (TPSA) is 73.3 Å². The Labute approximate surface area is 119 Å².